The maximum atomic E-state index is 12.4. The van der Waals surface area contributed by atoms with Crippen molar-refractivity contribution in [3.05, 3.63) is 42.5 Å². The van der Waals surface area contributed by atoms with Crippen molar-refractivity contribution in [1.82, 2.24) is 14.5 Å². The van der Waals surface area contributed by atoms with Crippen LogP contribution in [0.25, 0.3) is 22.2 Å². The molecule has 3 rings (SSSR count). The normalized spacial score (nSPS) is 11.0. The molecule has 1 aromatic carbocycles. The molecule has 0 aliphatic carbocycles. The van der Waals surface area contributed by atoms with Crippen LogP contribution >= 0.6 is 0 Å². The molecule has 6 nitrogen and oxygen atoms in total. The van der Waals surface area contributed by atoms with Gasteiger partial charge in [-0.25, -0.2) is 14.8 Å². The molecule has 0 radical (unpaired) electrons. The number of carbonyl (C=O) groups excluding carboxylic acids is 1. The molecule has 0 atom stereocenters. The monoisotopic (exact) mass is 325 g/mol. The minimum atomic E-state index is -0.430. The summed E-state index contributed by atoms with van der Waals surface area (Å²) in [6.45, 7) is 3.62. The summed E-state index contributed by atoms with van der Waals surface area (Å²) in [5.74, 6) is 0.335. The number of benzene rings is 1. The molecule has 2 aromatic heterocycles. The number of hydrogen-bond acceptors (Lipinski definition) is 5. The molecule has 0 aliphatic heterocycles. The molecule has 0 unspecified atom stereocenters. The predicted molar refractivity (Wildman–Crippen MR) is 91.0 cm³/mol. The average Bonchev–Trinajstić information content (AvgIpc) is 2.96. The van der Waals surface area contributed by atoms with E-state index in [4.69, 9.17) is 9.47 Å². The van der Waals surface area contributed by atoms with Gasteiger partial charge in [0.2, 0.25) is 0 Å². The van der Waals surface area contributed by atoms with E-state index in [0.717, 1.165) is 22.2 Å². The third kappa shape index (κ3) is 2.71. The van der Waals surface area contributed by atoms with Gasteiger partial charge >= 0.3 is 5.97 Å². The number of aromatic nitrogens is 3. The molecule has 0 saturated carbocycles. The van der Waals surface area contributed by atoms with Gasteiger partial charge in [-0.3, -0.25) is 0 Å². The summed E-state index contributed by atoms with van der Waals surface area (Å²) in [6.07, 6.45) is 4.66. The SMILES string of the molecule is COc1ccc(-c2ncncc2C(=O)OC(C)C)c2ccn(C)c12. The lowest BCUT2D eigenvalue weighted by atomic mass is 10.0. The molecule has 0 fully saturated rings. The standard InChI is InChI=1S/C18H19N3O3/c1-11(2)24-18(22)14-9-19-10-20-16(14)12-5-6-15(23-4)17-13(12)7-8-21(17)3/h5-11H,1-4H3. The van der Waals surface area contributed by atoms with Gasteiger partial charge < -0.3 is 14.0 Å². The smallest absolute Gasteiger partial charge is 0.342 e. The second-order valence-corrected chi connectivity index (χ2v) is 5.74. The van der Waals surface area contributed by atoms with E-state index in [0.29, 0.717) is 11.3 Å². The van der Waals surface area contributed by atoms with Gasteiger partial charge in [0, 0.05) is 30.4 Å². The van der Waals surface area contributed by atoms with Crippen LogP contribution in [-0.2, 0) is 11.8 Å². The van der Waals surface area contributed by atoms with E-state index in [1.54, 1.807) is 7.11 Å². The van der Waals surface area contributed by atoms with Crippen molar-refractivity contribution in [2.75, 3.05) is 7.11 Å². The lowest BCUT2D eigenvalue weighted by Gasteiger charge is -2.12. The number of carbonyl (C=O) groups is 1. The molecule has 0 spiro atoms. The fraction of sp³-hybridized carbons (Fsp3) is 0.278. The van der Waals surface area contributed by atoms with Crippen LogP contribution in [0, 0.1) is 0 Å². The third-order valence-electron chi connectivity index (χ3n) is 3.75. The van der Waals surface area contributed by atoms with Gasteiger partial charge in [-0.1, -0.05) is 0 Å². The van der Waals surface area contributed by atoms with E-state index in [1.807, 2.05) is 49.9 Å². The number of rotatable bonds is 4. The molecule has 2 heterocycles. The fourth-order valence-corrected chi connectivity index (χ4v) is 2.72. The molecule has 0 saturated heterocycles. The molecule has 0 amide bonds. The van der Waals surface area contributed by atoms with Crippen LogP contribution < -0.4 is 4.74 Å². The lowest BCUT2D eigenvalue weighted by Crippen LogP contribution is -2.13. The number of nitrogens with zero attached hydrogens (tertiary/aromatic N) is 3. The Hall–Kier alpha value is -2.89. The van der Waals surface area contributed by atoms with Crippen molar-refractivity contribution in [1.29, 1.82) is 0 Å². The van der Waals surface area contributed by atoms with Crippen LogP contribution in [0.3, 0.4) is 0 Å². The Labute approximate surface area is 140 Å². The average molecular weight is 325 g/mol. The minimum Gasteiger partial charge on any atom is -0.495 e. The van der Waals surface area contributed by atoms with Crippen molar-refractivity contribution in [3.8, 4) is 17.0 Å². The topological polar surface area (TPSA) is 66.2 Å². The summed E-state index contributed by atoms with van der Waals surface area (Å²) in [5.41, 5.74) is 2.68. The zero-order valence-electron chi connectivity index (χ0n) is 14.1. The van der Waals surface area contributed by atoms with Gasteiger partial charge in [0.15, 0.2) is 0 Å². The van der Waals surface area contributed by atoms with E-state index in [2.05, 4.69) is 9.97 Å². The number of aryl methyl sites for hydroxylation is 1. The highest BCUT2D eigenvalue weighted by Gasteiger charge is 2.20. The molecule has 3 aromatic rings. The molecule has 0 bridgehead atoms. The molecule has 6 heteroatoms. The summed E-state index contributed by atoms with van der Waals surface area (Å²) in [5, 5.41) is 0.953. The quantitative estimate of drug-likeness (QED) is 0.689. The van der Waals surface area contributed by atoms with Gasteiger partial charge in [-0.2, -0.15) is 0 Å². The van der Waals surface area contributed by atoms with Gasteiger partial charge in [0.05, 0.1) is 24.4 Å². The number of fused-ring (bicyclic) bond motifs is 1. The Kier molecular flexibility index (Phi) is 4.20. The lowest BCUT2D eigenvalue weighted by molar-refractivity contribution is 0.0378. The first kappa shape index (κ1) is 16.0. The maximum Gasteiger partial charge on any atom is 0.342 e. The Morgan fingerprint density at radius 2 is 2.04 bits per heavy atom. The van der Waals surface area contributed by atoms with E-state index in [1.165, 1.54) is 12.5 Å². The Morgan fingerprint density at radius 1 is 1.25 bits per heavy atom. The predicted octanol–water partition coefficient (Wildman–Crippen LogP) is 3.21. The van der Waals surface area contributed by atoms with Crippen LogP contribution in [0.4, 0.5) is 0 Å². The second-order valence-electron chi connectivity index (χ2n) is 5.74. The van der Waals surface area contributed by atoms with Gasteiger partial charge in [0.25, 0.3) is 0 Å². The highest BCUT2D eigenvalue weighted by molar-refractivity contribution is 6.03. The summed E-state index contributed by atoms with van der Waals surface area (Å²) in [6, 6.07) is 5.75. The van der Waals surface area contributed by atoms with E-state index in [-0.39, 0.29) is 6.10 Å². The number of methoxy groups -OCH3 is 1. The van der Waals surface area contributed by atoms with Crippen LogP contribution in [0.1, 0.15) is 24.2 Å². The van der Waals surface area contributed by atoms with Crippen LogP contribution in [0.15, 0.2) is 36.9 Å². The maximum absolute atomic E-state index is 12.4. The zero-order chi connectivity index (χ0) is 17.3. The summed E-state index contributed by atoms with van der Waals surface area (Å²) < 4.78 is 12.7. The van der Waals surface area contributed by atoms with Crippen LogP contribution in [0.5, 0.6) is 5.75 Å². The number of esters is 1. The Bertz CT molecular complexity index is 900. The summed E-state index contributed by atoms with van der Waals surface area (Å²) in [7, 11) is 3.58. The van der Waals surface area contributed by atoms with Crippen molar-refractivity contribution < 1.29 is 14.3 Å². The minimum absolute atomic E-state index is 0.210. The first-order chi connectivity index (χ1) is 11.5. The largest absolute Gasteiger partial charge is 0.495 e. The Morgan fingerprint density at radius 3 is 2.75 bits per heavy atom. The second kappa shape index (κ2) is 6.31. The summed E-state index contributed by atoms with van der Waals surface area (Å²) >= 11 is 0. The molecule has 0 N–H and O–H groups in total. The molecule has 124 valence electrons. The highest BCUT2D eigenvalue weighted by Crippen LogP contribution is 2.35. The number of ether oxygens (including phenoxy) is 2. The van der Waals surface area contributed by atoms with Crippen LogP contribution in [0.2, 0.25) is 0 Å². The first-order valence-corrected chi connectivity index (χ1v) is 7.66. The van der Waals surface area contributed by atoms with Gasteiger partial charge in [-0.15, -0.1) is 0 Å². The van der Waals surface area contributed by atoms with E-state index < -0.39 is 5.97 Å². The number of hydrogen-bond donors (Lipinski definition) is 0. The molecular weight excluding hydrogens is 306 g/mol. The molecule has 24 heavy (non-hydrogen) atoms. The molecule has 0 aliphatic rings. The summed E-state index contributed by atoms with van der Waals surface area (Å²) in [4.78, 5) is 20.7. The highest BCUT2D eigenvalue weighted by atomic mass is 16.5. The fourth-order valence-electron chi connectivity index (χ4n) is 2.72. The van der Waals surface area contributed by atoms with Crippen molar-refractivity contribution in [3.63, 3.8) is 0 Å². The van der Waals surface area contributed by atoms with Gasteiger partial charge in [-0.05, 0) is 32.0 Å². The van der Waals surface area contributed by atoms with E-state index in [9.17, 15) is 4.79 Å². The van der Waals surface area contributed by atoms with Crippen molar-refractivity contribution in [2.24, 2.45) is 7.05 Å². The third-order valence-corrected chi connectivity index (χ3v) is 3.75. The van der Waals surface area contributed by atoms with Crippen LogP contribution in [-0.4, -0.2) is 33.7 Å². The molecular formula is C18H19N3O3. The zero-order valence-corrected chi connectivity index (χ0v) is 14.1. The van der Waals surface area contributed by atoms with E-state index >= 15 is 0 Å². The first-order valence-electron chi connectivity index (χ1n) is 7.66. The van der Waals surface area contributed by atoms with Crippen molar-refractivity contribution >= 4 is 16.9 Å². The van der Waals surface area contributed by atoms with Crippen molar-refractivity contribution in [2.45, 2.75) is 20.0 Å². The Balaban J connectivity index is 2.21. The van der Waals surface area contributed by atoms with Gasteiger partial charge in [0.1, 0.15) is 17.6 Å².